The maximum atomic E-state index is 12.2. The van der Waals surface area contributed by atoms with Gasteiger partial charge in [-0.15, -0.1) is 0 Å². The van der Waals surface area contributed by atoms with Crippen LogP contribution in [0.2, 0.25) is 0 Å². The highest BCUT2D eigenvalue weighted by atomic mass is 16.5. The summed E-state index contributed by atoms with van der Waals surface area (Å²) in [6, 6.07) is 7.42. The minimum atomic E-state index is -0.247. The predicted molar refractivity (Wildman–Crippen MR) is 81.1 cm³/mol. The van der Waals surface area contributed by atoms with Crippen LogP contribution in [-0.4, -0.2) is 20.1 Å². The highest BCUT2D eigenvalue weighted by Gasteiger charge is 2.18. The van der Waals surface area contributed by atoms with Crippen molar-refractivity contribution in [3.8, 4) is 22.4 Å². The summed E-state index contributed by atoms with van der Waals surface area (Å²) in [4.78, 5) is 23.4. The number of hydrogen-bond donors (Lipinski definition) is 1. The molecule has 22 heavy (non-hydrogen) atoms. The SMILES string of the molecule is O=c1[nH]c(-c2cccnc2)c(-c2cccnc2)c2oncc12. The lowest BCUT2D eigenvalue weighted by Crippen LogP contribution is -2.08. The molecule has 0 amide bonds. The van der Waals surface area contributed by atoms with Crippen LogP contribution in [0, 0.1) is 0 Å². The van der Waals surface area contributed by atoms with Gasteiger partial charge in [0, 0.05) is 35.9 Å². The van der Waals surface area contributed by atoms with Crippen LogP contribution in [0.5, 0.6) is 0 Å². The molecule has 106 valence electrons. The molecular formula is C16H10N4O2. The minimum Gasteiger partial charge on any atom is -0.355 e. The van der Waals surface area contributed by atoms with Gasteiger partial charge in [-0.05, 0) is 18.2 Å². The smallest absolute Gasteiger partial charge is 0.261 e. The normalized spacial score (nSPS) is 10.9. The molecule has 0 aliphatic heterocycles. The first-order chi connectivity index (χ1) is 10.8. The Hall–Kier alpha value is -3.28. The van der Waals surface area contributed by atoms with Crippen molar-refractivity contribution in [2.75, 3.05) is 0 Å². The second-order valence-electron chi connectivity index (χ2n) is 4.76. The standard InChI is InChI=1S/C16H10N4O2/c21-16-12-9-19-22-15(12)13(10-3-1-5-17-7-10)14(20-16)11-4-2-6-18-8-11/h1-9H,(H,20,21). The molecule has 0 radical (unpaired) electrons. The number of aromatic amines is 1. The molecule has 6 nitrogen and oxygen atoms in total. The van der Waals surface area contributed by atoms with Gasteiger partial charge in [-0.1, -0.05) is 11.2 Å². The van der Waals surface area contributed by atoms with E-state index in [9.17, 15) is 4.79 Å². The minimum absolute atomic E-state index is 0.247. The Morgan fingerprint density at radius 3 is 2.36 bits per heavy atom. The summed E-state index contributed by atoms with van der Waals surface area (Å²) in [5, 5.41) is 4.16. The molecule has 0 unspecified atom stereocenters. The Morgan fingerprint density at radius 2 is 1.68 bits per heavy atom. The van der Waals surface area contributed by atoms with E-state index in [4.69, 9.17) is 4.52 Å². The van der Waals surface area contributed by atoms with Crippen molar-refractivity contribution in [2.45, 2.75) is 0 Å². The van der Waals surface area contributed by atoms with E-state index in [1.165, 1.54) is 6.20 Å². The number of hydrogen-bond acceptors (Lipinski definition) is 5. The first-order valence-electron chi connectivity index (χ1n) is 6.66. The van der Waals surface area contributed by atoms with E-state index in [2.05, 4.69) is 20.1 Å². The number of pyridine rings is 3. The number of rotatable bonds is 2. The van der Waals surface area contributed by atoms with Gasteiger partial charge in [0.25, 0.3) is 5.56 Å². The third-order valence-corrected chi connectivity index (χ3v) is 3.43. The van der Waals surface area contributed by atoms with Crippen LogP contribution in [0.25, 0.3) is 33.4 Å². The van der Waals surface area contributed by atoms with Gasteiger partial charge in [0.15, 0.2) is 5.58 Å². The monoisotopic (exact) mass is 290 g/mol. The Kier molecular flexibility index (Phi) is 2.79. The molecule has 0 saturated heterocycles. The molecule has 0 aliphatic rings. The number of aromatic nitrogens is 4. The summed E-state index contributed by atoms with van der Waals surface area (Å²) in [6.07, 6.45) is 8.19. The number of nitrogens with zero attached hydrogens (tertiary/aromatic N) is 3. The Morgan fingerprint density at radius 1 is 0.955 bits per heavy atom. The van der Waals surface area contributed by atoms with Crippen molar-refractivity contribution in [2.24, 2.45) is 0 Å². The summed E-state index contributed by atoms with van der Waals surface area (Å²) >= 11 is 0. The third kappa shape index (κ3) is 1.89. The van der Waals surface area contributed by atoms with E-state index < -0.39 is 0 Å². The Bertz CT molecular complexity index is 991. The van der Waals surface area contributed by atoms with Gasteiger partial charge in [-0.25, -0.2) is 0 Å². The highest BCUT2D eigenvalue weighted by molar-refractivity contribution is 5.98. The highest BCUT2D eigenvalue weighted by Crippen LogP contribution is 2.34. The zero-order valence-electron chi connectivity index (χ0n) is 11.4. The lowest BCUT2D eigenvalue weighted by atomic mass is 10.00. The van der Waals surface area contributed by atoms with Crippen molar-refractivity contribution in [1.82, 2.24) is 20.1 Å². The van der Waals surface area contributed by atoms with Crippen molar-refractivity contribution in [3.05, 3.63) is 65.6 Å². The van der Waals surface area contributed by atoms with Gasteiger partial charge in [0.2, 0.25) is 0 Å². The topological polar surface area (TPSA) is 84.7 Å². The molecular weight excluding hydrogens is 280 g/mol. The first-order valence-corrected chi connectivity index (χ1v) is 6.66. The van der Waals surface area contributed by atoms with Gasteiger partial charge < -0.3 is 9.51 Å². The Balaban J connectivity index is 2.14. The molecule has 4 heterocycles. The molecule has 0 fully saturated rings. The largest absolute Gasteiger partial charge is 0.355 e. The zero-order chi connectivity index (χ0) is 14.9. The molecule has 1 N–H and O–H groups in total. The van der Waals surface area contributed by atoms with Crippen molar-refractivity contribution in [1.29, 1.82) is 0 Å². The summed E-state index contributed by atoms with van der Waals surface area (Å²) in [7, 11) is 0. The van der Waals surface area contributed by atoms with E-state index >= 15 is 0 Å². The molecule has 0 spiro atoms. The van der Waals surface area contributed by atoms with Crippen LogP contribution < -0.4 is 5.56 Å². The zero-order valence-corrected chi connectivity index (χ0v) is 11.4. The molecule has 6 heteroatoms. The number of nitrogens with one attached hydrogen (secondary N) is 1. The average molecular weight is 290 g/mol. The van der Waals surface area contributed by atoms with Crippen LogP contribution in [0.1, 0.15) is 0 Å². The number of fused-ring (bicyclic) bond motifs is 1. The second kappa shape index (κ2) is 4.92. The van der Waals surface area contributed by atoms with E-state index in [1.54, 1.807) is 24.8 Å². The van der Waals surface area contributed by atoms with Gasteiger partial charge >= 0.3 is 0 Å². The summed E-state index contributed by atoms with van der Waals surface area (Å²) in [5.41, 5.74) is 3.19. The van der Waals surface area contributed by atoms with Crippen LogP contribution in [0.3, 0.4) is 0 Å². The Labute approximate surface area is 124 Å². The van der Waals surface area contributed by atoms with E-state index in [-0.39, 0.29) is 5.56 Å². The third-order valence-electron chi connectivity index (χ3n) is 3.43. The quantitative estimate of drug-likeness (QED) is 0.613. The van der Waals surface area contributed by atoms with E-state index in [0.29, 0.717) is 16.7 Å². The molecule has 0 aliphatic carbocycles. The van der Waals surface area contributed by atoms with Crippen molar-refractivity contribution < 1.29 is 4.52 Å². The second-order valence-corrected chi connectivity index (χ2v) is 4.76. The van der Waals surface area contributed by atoms with Crippen molar-refractivity contribution in [3.63, 3.8) is 0 Å². The van der Waals surface area contributed by atoms with Gasteiger partial charge in [0.1, 0.15) is 5.39 Å². The van der Waals surface area contributed by atoms with E-state index in [1.807, 2.05) is 24.3 Å². The molecule has 0 aromatic carbocycles. The predicted octanol–water partition coefficient (Wildman–Crippen LogP) is 2.64. The summed E-state index contributed by atoms with van der Waals surface area (Å²) < 4.78 is 5.33. The van der Waals surface area contributed by atoms with Crippen molar-refractivity contribution >= 4 is 11.0 Å². The average Bonchev–Trinajstić information content (AvgIpc) is 3.06. The molecule has 0 bridgehead atoms. The van der Waals surface area contributed by atoms with Gasteiger partial charge in [0.05, 0.1) is 17.5 Å². The molecule has 0 atom stereocenters. The van der Waals surface area contributed by atoms with Crippen LogP contribution in [0.15, 0.2) is 64.6 Å². The fourth-order valence-corrected chi connectivity index (χ4v) is 2.45. The van der Waals surface area contributed by atoms with Crippen LogP contribution in [0.4, 0.5) is 0 Å². The fourth-order valence-electron chi connectivity index (χ4n) is 2.45. The van der Waals surface area contributed by atoms with Crippen LogP contribution >= 0.6 is 0 Å². The van der Waals surface area contributed by atoms with Gasteiger partial charge in [-0.3, -0.25) is 14.8 Å². The maximum Gasteiger partial charge on any atom is 0.261 e. The lowest BCUT2D eigenvalue weighted by molar-refractivity contribution is 0.457. The summed E-state index contributed by atoms with van der Waals surface area (Å²) in [5.74, 6) is 0. The maximum absolute atomic E-state index is 12.2. The van der Waals surface area contributed by atoms with E-state index in [0.717, 1.165) is 16.7 Å². The number of H-pyrrole nitrogens is 1. The fraction of sp³-hybridized carbons (Fsp3) is 0. The molecule has 0 saturated carbocycles. The van der Waals surface area contributed by atoms with Gasteiger partial charge in [-0.2, -0.15) is 0 Å². The lowest BCUT2D eigenvalue weighted by Gasteiger charge is -2.09. The first kappa shape index (κ1) is 12.5. The summed E-state index contributed by atoms with van der Waals surface area (Å²) in [6.45, 7) is 0. The molecule has 4 aromatic heterocycles. The molecule has 4 aromatic rings. The van der Waals surface area contributed by atoms with Crippen LogP contribution in [-0.2, 0) is 0 Å². The molecule has 4 rings (SSSR count).